The summed E-state index contributed by atoms with van der Waals surface area (Å²) in [6.07, 6.45) is 26.0. The summed E-state index contributed by atoms with van der Waals surface area (Å²) >= 11 is 0. The van der Waals surface area contributed by atoms with E-state index in [-0.39, 0.29) is 49.9 Å². The van der Waals surface area contributed by atoms with E-state index in [4.69, 9.17) is 15.3 Å². The maximum atomic E-state index is 10.2. The van der Waals surface area contributed by atoms with Crippen LogP contribution in [0.2, 0.25) is 0 Å². The molecule has 0 aliphatic heterocycles. The molecule has 0 saturated heterocycles. The minimum absolute atomic E-state index is 0. The molecule has 0 rings (SSSR count). The molecule has 0 radical (unpaired) electrons. The SMILES string of the molecule is CCCCCCCCCCCCCCCCCC(=O)[O-].CCCCO.CCCCO.CCCCO.[Ti+4].[Ti]. The monoisotopic (exact) mass is 601 g/mol. The van der Waals surface area contributed by atoms with Gasteiger partial charge in [-0.05, 0) is 32.1 Å². The standard InChI is InChI=1S/C18H36O2.3C4H10O.2Ti/c1-2-3-4-5-6-7-8-9-10-11-12-13-14-15-16-17-18(19)20;3*1-2-3-4-5;;/h2-17H2,1H3,(H,19,20);3*5H,2-4H2,1H3;;/q;;;;;+4/p-1. The van der Waals surface area contributed by atoms with Crippen molar-refractivity contribution in [3.05, 3.63) is 0 Å². The van der Waals surface area contributed by atoms with Crippen molar-refractivity contribution in [2.75, 3.05) is 19.8 Å². The van der Waals surface area contributed by atoms with E-state index in [1.165, 1.54) is 83.5 Å². The van der Waals surface area contributed by atoms with Gasteiger partial charge in [0, 0.05) is 47.5 Å². The minimum Gasteiger partial charge on any atom is -0.550 e. The zero-order valence-corrected chi connectivity index (χ0v) is 28.5. The van der Waals surface area contributed by atoms with Crippen LogP contribution in [0.15, 0.2) is 0 Å². The number of carbonyl (C=O) groups is 1. The summed E-state index contributed by atoms with van der Waals surface area (Å²) in [6.45, 7) is 9.45. The Hall–Kier alpha value is 0.779. The van der Waals surface area contributed by atoms with Gasteiger partial charge in [0.25, 0.3) is 0 Å². The van der Waals surface area contributed by atoms with Gasteiger partial charge in [-0.2, -0.15) is 0 Å². The Kier molecular flexibility index (Phi) is 77.7. The van der Waals surface area contributed by atoms with Crippen LogP contribution in [0, 0.1) is 0 Å². The number of hydrogen-bond acceptors (Lipinski definition) is 5. The summed E-state index contributed by atoms with van der Waals surface area (Å²) in [5, 5.41) is 34.4. The Morgan fingerprint density at radius 2 is 0.676 bits per heavy atom. The second-order valence-corrected chi connectivity index (χ2v) is 9.30. The van der Waals surface area contributed by atoms with Crippen LogP contribution >= 0.6 is 0 Å². The first-order valence-electron chi connectivity index (χ1n) is 15.0. The van der Waals surface area contributed by atoms with E-state index in [2.05, 4.69) is 27.7 Å². The first-order chi connectivity index (χ1) is 17.0. The van der Waals surface area contributed by atoms with Crippen LogP contribution < -0.4 is 5.11 Å². The van der Waals surface area contributed by atoms with Gasteiger partial charge in [0.2, 0.25) is 0 Å². The average Bonchev–Trinajstić information content (AvgIpc) is 2.84. The predicted molar refractivity (Wildman–Crippen MR) is 151 cm³/mol. The summed E-state index contributed by atoms with van der Waals surface area (Å²) in [4.78, 5) is 10.2. The fraction of sp³-hybridized carbons (Fsp3) is 0.967. The van der Waals surface area contributed by atoms with Crippen molar-refractivity contribution >= 4 is 5.97 Å². The number of rotatable bonds is 22. The van der Waals surface area contributed by atoms with Gasteiger partial charge in [-0.15, -0.1) is 0 Å². The number of carboxylic acids is 1. The Bertz CT molecular complexity index is 315. The van der Waals surface area contributed by atoms with Gasteiger partial charge in [0.1, 0.15) is 0 Å². The van der Waals surface area contributed by atoms with Crippen LogP contribution in [0.3, 0.4) is 0 Å². The van der Waals surface area contributed by atoms with Crippen molar-refractivity contribution in [1.29, 1.82) is 0 Å². The topological polar surface area (TPSA) is 101 Å². The molecule has 0 amide bonds. The first-order valence-corrected chi connectivity index (χ1v) is 15.0. The molecule has 7 heteroatoms. The molecule has 0 bridgehead atoms. The number of aliphatic hydroxyl groups is 3. The second-order valence-electron chi connectivity index (χ2n) is 9.30. The van der Waals surface area contributed by atoms with Gasteiger partial charge < -0.3 is 25.2 Å². The summed E-state index contributed by atoms with van der Waals surface area (Å²) in [5.74, 6) is -0.903. The third-order valence-corrected chi connectivity index (χ3v) is 5.52. The van der Waals surface area contributed by atoms with E-state index >= 15 is 0 Å². The fourth-order valence-electron chi connectivity index (χ4n) is 3.11. The molecule has 5 nitrogen and oxygen atoms in total. The number of aliphatic hydroxyl groups excluding tert-OH is 3. The van der Waals surface area contributed by atoms with Crippen molar-refractivity contribution in [2.24, 2.45) is 0 Å². The Morgan fingerprint density at radius 3 is 0.838 bits per heavy atom. The average molecular weight is 602 g/mol. The summed E-state index contributed by atoms with van der Waals surface area (Å²) in [5.41, 5.74) is 0. The zero-order chi connectivity index (χ0) is 27.3. The molecule has 0 aromatic rings. The maximum Gasteiger partial charge on any atom is 4.00 e. The van der Waals surface area contributed by atoms with Gasteiger partial charge in [-0.1, -0.05) is 137 Å². The van der Waals surface area contributed by atoms with Gasteiger partial charge in [0.05, 0.1) is 0 Å². The smallest absolute Gasteiger partial charge is 0.550 e. The number of unbranched alkanes of at least 4 members (excludes halogenated alkanes) is 17. The summed E-state index contributed by atoms with van der Waals surface area (Å²) in [6, 6.07) is 0. The molecule has 0 spiro atoms. The van der Waals surface area contributed by atoms with Gasteiger partial charge in [-0.25, -0.2) is 0 Å². The minimum atomic E-state index is -0.903. The molecule has 0 atom stereocenters. The van der Waals surface area contributed by atoms with Crippen molar-refractivity contribution < 1.29 is 68.7 Å². The first kappa shape index (κ1) is 50.6. The van der Waals surface area contributed by atoms with Crippen LogP contribution in [-0.4, -0.2) is 41.1 Å². The predicted octanol–water partition coefficient (Wildman–Crippen LogP) is 7.33. The van der Waals surface area contributed by atoms with E-state index in [0.29, 0.717) is 19.8 Å². The second kappa shape index (κ2) is 56.8. The number of carbonyl (C=O) groups excluding carboxylic acids is 1. The van der Waals surface area contributed by atoms with Crippen LogP contribution in [0.1, 0.15) is 169 Å². The Balaban J connectivity index is -0.000000116. The van der Waals surface area contributed by atoms with E-state index < -0.39 is 5.97 Å². The van der Waals surface area contributed by atoms with Crippen molar-refractivity contribution in [1.82, 2.24) is 0 Å². The van der Waals surface area contributed by atoms with Crippen molar-refractivity contribution in [3.8, 4) is 0 Å². The van der Waals surface area contributed by atoms with E-state index in [9.17, 15) is 9.90 Å². The summed E-state index contributed by atoms with van der Waals surface area (Å²) < 4.78 is 0. The molecule has 0 unspecified atom stereocenters. The van der Waals surface area contributed by atoms with Crippen molar-refractivity contribution in [3.63, 3.8) is 0 Å². The van der Waals surface area contributed by atoms with Crippen LogP contribution in [-0.2, 0) is 48.2 Å². The molecular formula is C30H65O5Ti2+3. The normalized spacial score (nSPS) is 9.27. The Labute approximate surface area is 262 Å². The molecule has 37 heavy (non-hydrogen) atoms. The summed E-state index contributed by atoms with van der Waals surface area (Å²) in [7, 11) is 0. The van der Waals surface area contributed by atoms with Gasteiger partial charge in [-0.3, -0.25) is 0 Å². The van der Waals surface area contributed by atoms with E-state index in [1.807, 2.05) is 0 Å². The number of hydrogen-bond donors (Lipinski definition) is 3. The molecule has 3 N–H and O–H groups in total. The third kappa shape index (κ3) is 78.7. The largest absolute Gasteiger partial charge is 4.00 e. The molecule has 0 aromatic carbocycles. The molecular weight excluding hydrogens is 536 g/mol. The molecule has 0 aliphatic carbocycles. The van der Waals surface area contributed by atoms with Crippen molar-refractivity contribution in [2.45, 2.75) is 169 Å². The van der Waals surface area contributed by atoms with Gasteiger partial charge >= 0.3 is 21.7 Å². The third-order valence-electron chi connectivity index (χ3n) is 5.52. The van der Waals surface area contributed by atoms with Crippen LogP contribution in [0.5, 0.6) is 0 Å². The Morgan fingerprint density at radius 1 is 0.459 bits per heavy atom. The van der Waals surface area contributed by atoms with Crippen LogP contribution in [0.25, 0.3) is 0 Å². The molecule has 0 aliphatic rings. The number of aliphatic carboxylic acids is 1. The molecule has 0 fully saturated rings. The van der Waals surface area contributed by atoms with E-state index in [0.717, 1.165) is 51.4 Å². The quantitative estimate of drug-likeness (QED) is 0.0892. The molecule has 0 heterocycles. The molecule has 220 valence electrons. The maximum absolute atomic E-state index is 10.2. The van der Waals surface area contributed by atoms with Gasteiger partial charge in [0.15, 0.2) is 0 Å². The molecule has 0 aromatic heterocycles. The number of carboxylic acid groups (broad SMARTS) is 1. The van der Waals surface area contributed by atoms with Crippen LogP contribution in [0.4, 0.5) is 0 Å². The molecule has 0 saturated carbocycles. The fourth-order valence-corrected chi connectivity index (χ4v) is 3.11. The van der Waals surface area contributed by atoms with E-state index in [1.54, 1.807) is 0 Å². The zero-order valence-electron chi connectivity index (χ0n) is 25.3.